The summed E-state index contributed by atoms with van der Waals surface area (Å²) in [4.78, 5) is 22.8. The fourth-order valence-corrected chi connectivity index (χ4v) is 2.32. The number of carboxylic acid groups (broad SMARTS) is 1. The minimum absolute atomic E-state index is 0.0368. The normalized spacial score (nSPS) is 19.7. The zero-order valence-electron chi connectivity index (χ0n) is 11.9. The molecule has 110 valence electrons. The second kappa shape index (κ2) is 8.15. The van der Waals surface area contributed by atoms with Gasteiger partial charge in [-0.2, -0.15) is 0 Å². The van der Waals surface area contributed by atoms with E-state index >= 15 is 0 Å². The van der Waals surface area contributed by atoms with Crippen molar-refractivity contribution in [3.8, 4) is 0 Å². The van der Waals surface area contributed by atoms with Crippen LogP contribution in [0.3, 0.4) is 0 Å². The molecule has 1 amide bonds. The third kappa shape index (κ3) is 5.59. The maximum Gasteiger partial charge on any atom is 0.326 e. The fraction of sp³-hybridized carbons (Fsp3) is 0.857. The second-order valence-corrected chi connectivity index (χ2v) is 5.34. The topological polar surface area (TPSA) is 75.6 Å². The monoisotopic (exact) mass is 271 g/mol. The average molecular weight is 271 g/mol. The van der Waals surface area contributed by atoms with E-state index in [4.69, 9.17) is 9.84 Å². The summed E-state index contributed by atoms with van der Waals surface area (Å²) in [5, 5.41) is 11.6. The standard InChI is InChI=1S/C14H25NO4/c1-3-10(2)13(14(17)18)15-12(16)9-19-11-7-5-4-6-8-11/h10-11,13H,3-9H2,1-2H3,(H,15,16)(H,17,18)/t10-,13-/m0/s1. The van der Waals surface area contributed by atoms with Gasteiger partial charge in [-0.05, 0) is 18.8 Å². The highest BCUT2D eigenvalue weighted by Crippen LogP contribution is 2.20. The number of rotatable bonds is 7. The summed E-state index contributed by atoms with van der Waals surface area (Å²) in [6.07, 6.45) is 6.41. The first-order valence-electron chi connectivity index (χ1n) is 7.18. The number of hydrogen-bond donors (Lipinski definition) is 2. The van der Waals surface area contributed by atoms with Crippen LogP contribution in [0.5, 0.6) is 0 Å². The first-order chi connectivity index (χ1) is 9.04. The van der Waals surface area contributed by atoms with Gasteiger partial charge in [-0.25, -0.2) is 4.79 Å². The van der Waals surface area contributed by atoms with Crippen molar-refractivity contribution in [3.05, 3.63) is 0 Å². The Morgan fingerprint density at radius 3 is 2.47 bits per heavy atom. The molecule has 0 unspecified atom stereocenters. The predicted molar refractivity (Wildman–Crippen MR) is 71.8 cm³/mol. The molecule has 0 radical (unpaired) electrons. The molecule has 0 aromatic carbocycles. The molecule has 0 spiro atoms. The van der Waals surface area contributed by atoms with E-state index in [2.05, 4.69) is 5.32 Å². The molecule has 5 heteroatoms. The van der Waals surface area contributed by atoms with E-state index in [9.17, 15) is 9.59 Å². The van der Waals surface area contributed by atoms with Crippen molar-refractivity contribution in [3.63, 3.8) is 0 Å². The summed E-state index contributed by atoms with van der Waals surface area (Å²) in [5.74, 6) is -1.41. The van der Waals surface area contributed by atoms with Gasteiger partial charge in [0.05, 0.1) is 6.10 Å². The van der Waals surface area contributed by atoms with E-state index in [-0.39, 0.29) is 24.5 Å². The Labute approximate surface area is 114 Å². The minimum Gasteiger partial charge on any atom is -0.480 e. The van der Waals surface area contributed by atoms with E-state index in [1.807, 2.05) is 13.8 Å². The van der Waals surface area contributed by atoms with Crippen LogP contribution in [0.4, 0.5) is 0 Å². The van der Waals surface area contributed by atoms with Gasteiger partial charge in [0.2, 0.25) is 5.91 Å². The van der Waals surface area contributed by atoms with Crippen molar-refractivity contribution >= 4 is 11.9 Å². The van der Waals surface area contributed by atoms with Crippen molar-refractivity contribution < 1.29 is 19.4 Å². The van der Waals surface area contributed by atoms with Gasteiger partial charge < -0.3 is 15.2 Å². The van der Waals surface area contributed by atoms with Gasteiger partial charge in [0.1, 0.15) is 12.6 Å². The van der Waals surface area contributed by atoms with Crippen molar-refractivity contribution in [2.45, 2.75) is 64.5 Å². The summed E-state index contributed by atoms with van der Waals surface area (Å²) < 4.78 is 5.53. The smallest absolute Gasteiger partial charge is 0.326 e. The molecule has 1 fully saturated rings. The minimum atomic E-state index is -0.986. The number of nitrogens with one attached hydrogen (secondary N) is 1. The number of carbonyl (C=O) groups excluding carboxylic acids is 1. The van der Waals surface area contributed by atoms with Crippen LogP contribution in [0.25, 0.3) is 0 Å². The Kier molecular flexibility index (Phi) is 6.84. The molecule has 2 N–H and O–H groups in total. The molecule has 0 aliphatic heterocycles. The molecular formula is C14H25NO4. The third-order valence-electron chi connectivity index (χ3n) is 3.80. The Balaban J connectivity index is 2.33. The van der Waals surface area contributed by atoms with E-state index < -0.39 is 12.0 Å². The third-order valence-corrected chi connectivity index (χ3v) is 3.80. The molecule has 1 rings (SSSR count). The van der Waals surface area contributed by atoms with Gasteiger partial charge in [-0.1, -0.05) is 39.5 Å². The van der Waals surface area contributed by atoms with Crippen LogP contribution in [-0.4, -0.2) is 35.7 Å². The highest BCUT2D eigenvalue weighted by atomic mass is 16.5. The molecule has 1 aliphatic rings. The molecule has 0 heterocycles. The van der Waals surface area contributed by atoms with Crippen LogP contribution >= 0.6 is 0 Å². The molecule has 19 heavy (non-hydrogen) atoms. The van der Waals surface area contributed by atoms with Gasteiger partial charge in [-0.3, -0.25) is 4.79 Å². The first-order valence-corrected chi connectivity index (χ1v) is 7.18. The van der Waals surface area contributed by atoms with Crippen molar-refractivity contribution in [1.82, 2.24) is 5.32 Å². The van der Waals surface area contributed by atoms with Gasteiger partial charge in [0.15, 0.2) is 0 Å². The molecule has 0 saturated heterocycles. The number of carboxylic acids is 1. The summed E-state index contributed by atoms with van der Waals surface area (Å²) in [6, 6.07) is -0.826. The Morgan fingerprint density at radius 1 is 1.32 bits per heavy atom. The maximum absolute atomic E-state index is 11.7. The van der Waals surface area contributed by atoms with Crippen LogP contribution in [0, 0.1) is 5.92 Å². The molecule has 0 aromatic rings. The first kappa shape index (κ1) is 16.0. The van der Waals surface area contributed by atoms with Crippen LogP contribution in [0.1, 0.15) is 52.4 Å². The average Bonchev–Trinajstić information content (AvgIpc) is 2.42. The molecular weight excluding hydrogens is 246 g/mol. The van der Waals surface area contributed by atoms with Gasteiger partial charge in [-0.15, -0.1) is 0 Å². The van der Waals surface area contributed by atoms with E-state index in [1.165, 1.54) is 6.42 Å². The summed E-state index contributed by atoms with van der Waals surface area (Å²) >= 11 is 0. The summed E-state index contributed by atoms with van der Waals surface area (Å²) in [5.41, 5.74) is 0. The van der Waals surface area contributed by atoms with Crippen molar-refractivity contribution in [2.24, 2.45) is 5.92 Å². The molecule has 2 atom stereocenters. The number of amides is 1. The largest absolute Gasteiger partial charge is 0.480 e. The van der Waals surface area contributed by atoms with E-state index in [1.54, 1.807) is 0 Å². The summed E-state index contributed by atoms with van der Waals surface area (Å²) in [7, 11) is 0. The number of hydrogen-bond acceptors (Lipinski definition) is 3. The van der Waals surface area contributed by atoms with Crippen molar-refractivity contribution in [2.75, 3.05) is 6.61 Å². The number of carbonyl (C=O) groups is 2. The SMILES string of the molecule is CC[C@H](C)[C@H](NC(=O)COC1CCCCC1)C(=O)O. The second-order valence-electron chi connectivity index (χ2n) is 5.34. The van der Waals surface area contributed by atoms with Crippen LogP contribution in [0.15, 0.2) is 0 Å². The Bertz CT molecular complexity index is 300. The molecule has 0 aromatic heterocycles. The molecule has 1 saturated carbocycles. The molecule has 1 aliphatic carbocycles. The lowest BCUT2D eigenvalue weighted by Crippen LogP contribution is -2.46. The van der Waals surface area contributed by atoms with Crippen molar-refractivity contribution in [1.29, 1.82) is 0 Å². The predicted octanol–water partition coefficient (Wildman–Crippen LogP) is 1.95. The van der Waals surface area contributed by atoms with Gasteiger partial charge in [0.25, 0.3) is 0 Å². The van der Waals surface area contributed by atoms with Crippen LogP contribution in [0.2, 0.25) is 0 Å². The zero-order chi connectivity index (χ0) is 14.3. The highest BCUT2D eigenvalue weighted by molar-refractivity contribution is 5.84. The van der Waals surface area contributed by atoms with Crippen LogP contribution in [-0.2, 0) is 14.3 Å². The fourth-order valence-electron chi connectivity index (χ4n) is 2.32. The Hall–Kier alpha value is -1.10. The number of ether oxygens (including phenoxy) is 1. The van der Waals surface area contributed by atoms with Gasteiger partial charge in [0, 0.05) is 0 Å². The lowest BCUT2D eigenvalue weighted by molar-refractivity contribution is -0.144. The lowest BCUT2D eigenvalue weighted by atomic mass is 9.98. The summed E-state index contributed by atoms with van der Waals surface area (Å²) in [6.45, 7) is 3.69. The number of aliphatic carboxylic acids is 1. The van der Waals surface area contributed by atoms with Gasteiger partial charge >= 0.3 is 5.97 Å². The molecule has 0 bridgehead atoms. The molecule has 5 nitrogen and oxygen atoms in total. The highest BCUT2D eigenvalue weighted by Gasteiger charge is 2.25. The lowest BCUT2D eigenvalue weighted by Gasteiger charge is -2.23. The van der Waals surface area contributed by atoms with E-state index in [0.717, 1.165) is 25.7 Å². The maximum atomic E-state index is 11.7. The van der Waals surface area contributed by atoms with Crippen LogP contribution < -0.4 is 5.32 Å². The van der Waals surface area contributed by atoms with E-state index in [0.29, 0.717) is 6.42 Å². The Morgan fingerprint density at radius 2 is 1.95 bits per heavy atom. The quantitative estimate of drug-likeness (QED) is 0.742. The zero-order valence-corrected chi connectivity index (χ0v) is 11.9.